The molecule has 2 aromatic heterocycles. The Morgan fingerprint density at radius 1 is 1.30 bits per heavy atom. The minimum absolute atomic E-state index is 0.0442. The fourth-order valence-corrected chi connectivity index (χ4v) is 2.63. The third-order valence-corrected chi connectivity index (χ3v) is 4.31. The molecule has 20 heavy (non-hydrogen) atoms. The van der Waals surface area contributed by atoms with Crippen molar-refractivity contribution in [2.24, 2.45) is 0 Å². The third-order valence-electron chi connectivity index (χ3n) is 2.98. The van der Waals surface area contributed by atoms with Gasteiger partial charge in [0.15, 0.2) is 0 Å². The number of thiazole rings is 1. The average molecular weight is 290 g/mol. The molecule has 1 N–H and O–H groups in total. The van der Waals surface area contributed by atoms with Crippen LogP contribution in [0.2, 0.25) is 0 Å². The van der Waals surface area contributed by atoms with E-state index < -0.39 is 0 Å². The van der Waals surface area contributed by atoms with E-state index in [0.29, 0.717) is 0 Å². The highest BCUT2D eigenvalue weighted by atomic mass is 32.1. The van der Waals surface area contributed by atoms with E-state index in [0.717, 1.165) is 23.1 Å². The molecule has 4 nitrogen and oxygen atoms in total. The van der Waals surface area contributed by atoms with Crippen molar-refractivity contribution in [2.45, 2.75) is 52.5 Å². The Balaban J connectivity index is 2.13. The number of aryl methyl sites for hydroxylation is 1. The Kier molecular flexibility index (Phi) is 4.38. The van der Waals surface area contributed by atoms with Crippen molar-refractivity contribution in [1.29, 1.82) is 0 Å². The Labute approximate surface area is 124 Å². The number of hydrogen-bond donors (Lipinski definition) is 1. The second kappa shape index (κ2) is 5.87. The van der Waals surface area contributed by atoms with Gasteiger partial charge in [0.05, 0.1) is 6.04 Å². The molecule has 0 aliphatic rings. The zero-order chi connectivity index (χ0) is 14.8. The second-order valence-corrected chi connectivity index (χ2v) is 7.05. The Bertz CT molecular complexity index is 571. The van der Waals surface area contributed by atoms with Crippen LogP contribution in [0.25, 0.3) is 0 Å². The van der Waals surface area contributed by atoms with Crippen LogP contribution < -0.4 is 5.32 Å². The molecule has 0 saturated carbocycles. The summed E-state index contributed by atoms with van der Waals surface area (Å²) in [4.78, 5) is 14.7. The van der Waals surface area contributed by atoms with Crippen LogP contribution >= 0.6 is 11.3 Å². The summed E-state index contributed by atoms with van der Waals surface area (Å²) in [5.41, 5.74) is -0.0442. The molecule has 0 radical (unpaired) electrons. The second-order valence-electron chi connectivity index (χ2n) is 5.90. The Morgan fingerprint density at radius 2 is 2.05 bits per heavy atom. The van der Waals surface area contributed by atoms with Gasteiger partial charge >= 0.3 is 0 Å². The number of rotatable bonds is 4. The lowest BCUT2D eigenvalue weighted by molar-refractivity contribution is 0.545. The molecule has 2 rings (SSSR count). The van der Waals surface area contributed by atoms with Gasteiger partial charge in [-0.15, -0.1) is 11.3 Å². The van der Waals surface area contributed by atoms with E-state index in [2.05, 4.69) is 54.9 Å². The summed E-state index contributed by atoms with van der Waals surface area (Å²) in [7, 11) is 0. The summed E-state index contributed by atoms with van der Waals surface area (Å²) in [6.45, 7) is 10.6. The standard InChI is InChI=1S/C15H22N4S/c1-6-11-9-17-13(20-11)10(2)18-12-7-8-16-14(19-12)15(3,4)5/h7-10H,6H2,1-5H3,(H,16,18,19). The number of hydrogen-bond acceptors (Lipinski definition) is 5. The lowest BCUT2D eigenvalue weighted by Gasteiger charge is -2.18. The van der Waals surface area contributed by atoms with Crippen LogP contribution in [-0.4, -0.2) is 15.0 Å². The highest BCUT2D eigenvalue weighted by molar-refractivity contribution is 7.11. The average Bonchev–Trinajstić information content (AvgIpc) is 2.87. The molecule has 0 bridgehead atoms. The van der Waals surface area contributed by atoms with Crippen LogP contribution in [0.4, 0.5) is 5.82 Å². The smallest absolute Gasteiger partial charge is 0.135 e. The molecule has 0 spiro atoms. The highest BCUT2D eigenvalue weighted by Gasteiger charge is 2.18. The lowest BCUT2D eigenvalue weighted by Crippen LogP contribution is -2.17. The van der Waals surface area contributed by atoms with E-state index in [9.17, 15) is 0 Å². The van der Waals surface area contributed by atoms with Crippen LogP contribution in [0.5, 0.6) is 0 Å². The molecular weight excluding hydrogens is 268 g/mol. The Hall–Kier alpha value is -1.49. The van der Waals surface area contributed by atoms with Crippen LogP contribution in [0, 0.1) is 0 Å². The van der Waals surface area contributed by atoms with E-state index in [1.807, 2.05) is 18.5 Å². The van der Waals surface area contributed by atoms with Crippen LogP contribution in [-0.2, 0) is 11.8 Å². The topological polar surface area (TPSA) is 50.7 Å². The number of nitrogens with one attached hydrogen (secondary N) is 1. The van der Waals surface area contributed by atoms with Crippen LogP contribution in [0.15, 0.2) is 18.5 Å². The van der Waals surface area contributed by atoms with E-state index in [1.54, 1.807) is 11.3 Å². The van der Waals surface area contributed by atoms with Gasteiger partial charge in [0.1, 0.15) is 16.6 Å². The van der Waals surface area contributed by atoms with Crippen molar-refractivity contribution in [1.82, 2.24) is 15.0 Å². The maximum Gasteiger partial charge on any atom is 0.135 e. The minimum atomic E-state index is -0.0442. The monoisotopic (exact) mass is 290 g/mol. The molecule has 0 aliphatic heterocycles. The van der Waals surface area contributed by atoms with Crippen LogP contribution in [0.3, 0.4) is 0 Å². The highest BCUT2D eigenvalue weighted by Crippen LogP contribution is 2.24. The molecule has 5 heteroatoms. The molecule has 1 unspecified atom stereocenters. The first-order valence-electron chi connectivity index (χ1n) is 6.95. The van der Waals surface area contributed by atoms with Crippen molar-refractivity contribution >= 4 is 17.2 Å². The van der Waals surface area contributed by atoms with Gasteiger partial charge in [-0.3, -0.25) is 0 Å². The molecule has 108 valence electrons. The van der Waals surface area contributed by atoms with Gasteiger partial charge in [-0.05, 0) is 19.4 Å². The van der Waals surface area contributed by atoms with Gasteiger partial charge < -0.3 is 5.32 Å². The van der Waals surface area contributed by atoms with Crippen molar-refractivity contribution in [3.05, 3.63) is 34.2 Å². The molecule has 0 fully saturated rings. The Morgan fingerprint density at radius 3 is 2.65 bits per heavy atom. The van der Waals surface area contributed by atoms with Gasteiger partial charge in [-0.1, -0.05) is 27.7 Å². The number of anilines is 1. The zero-order valence-electron chi connectivity index (χ0n) is 12.8. The quantitative estimate of drug-likeness (QED) is 0.925. The van der Waals surface area contributed by atoms with Crippen LogP contribution in [0.1, 0.15) is 56.4 Å². The van der Waals surface area contributed by atoms with Crippen molar-refractivity contribution in [2.75, 3.05) is 5.32 Å². The van der Waals surface area contributed by atoms with Gasteiger partial charge in [0, 0.05) is 22.7 Å². The fourth-order valence-electron chi connectivity index (χ4n) is 1.77. The minimum Gasteiger partial charge on any atom is -0.361 e. The van der Waals surface area contributed by atoms with E-state index in [-0.39, 0.29) is 11.5 Å². The number of nitrogens with zero attached hydrogens (tertiary/aromatic N) is 3. The van der Waals surface area contributed by atoms with Crippen molar-refractivity contribution in [3.8, 4) is 0 Å². The zero-order valence-corrected chi connectivity index (χ0v) is 13.6. The van der Waals surface area contributed by atoms with Gasteiger partial charge in [-0.2, -0.15) is 0 Å². The predicted molar refractivity (Wildman–Crippen MR) is 84.3 cm³/mol. The van der Waals surface area contributed by atoms with Gasteiger partial charge in [-0.25, -0.2) is 15.0 Å². The molecular formula is C15H22N4S. The maximum absolute atomic E-state index is 4.59. The molecule has 0 aliphatic carbocycles. The number of aromatic nitrogens is 3. The van der Waals surface area contributed by atoms with E-state index >= 15 is 0 Å². The largest absolute Gasteiger partial charge is 0.361 e. The molecule has 1 atom stereocenters. The van der Waals surface area contributed by atoms with Gasteiger partial charge in [0.25, 0.3) is 0 Å². The predicted octanol–water partition coefficient (Wildman–Crippen LogP) is 3.97. The van der Waals surface area contributed by atoms with Crippen molar-refractivity contribution < 1.29 is 0 Å². The summed E-state index contributed by atoms with van der Waals surface area (Å²) in [6, 6.07) is 2.06. The first kappa shape index (κ1) is 14.9. The summed E-state index contributed by atoms with van der Waals surface area (Å²) < 4.78 is 0. The molecule has 2 aromatic rings. The third kappa shape index (κ3) is 3.54. The van der Waals surface area contributed by atoms with Crippen molar-refractivity contribution in [3.63, 3.8) is 0 Å². The van der Waals surface area contributed by atoms with E-state index in [4.69, 9.17) is 0 Å². The SMILES string of the molecule is CCc1cnc(C(C)Nc2ccnc(C(C)(C)C)n2)s1. The molecule has 0 amide bonds. The summed E-state index contributed by atoms with van der Waals surface area (Å²) in [6.07, 6.45) is 4.80. The molecule has 2 heterocycles. The lowest BCUT2D eigenvalue weighted by atomic mass is 9.96. The first-order chi connectivity index (χ1) is 9.40. The summed E-state index contributed by atoms with van der Waals surface area (Å²) in [5.74, 6) is 1.70. The van der Waals surface area contributed by atoms with Gasteiger partial charge in [0.2, 0.25) is 0 Å². The normalized spacial score (nSPS) is 13.2. The summed E-state index contributed by atoms with van der Waals surface area (Å²) >= 11 is 1.75. The maximum atomic E-state index is 4.59. The van der Waals surface area contributed by atoms with E-state index in [1.165, 1.54) is 4.88 Å². The molecule has 0 saturated heterocycles. The molecule has 0 aromatic carbocycles. The fraction of sp³-hybridized carbons (Fsp3) is 0.533. The summed E-state index contributed by atoms with van der Waals surface area (Å²) in [5, 5.41) is 4.50. The first-order valence-corrected chi connectivity index (χ1v) is 7.76.